The zero-order chi connectivity index (χ0) is 14.4. The number of benzene rings is 1. The lowest BCUT2D eigenvalue weighted by molar-refractivity contribution is 0.195. The monoisotopic (exact) mass is 291 g/mol. The third-order valence-electron chi connectivity index (χ3n) is 3.91. The molecule has 0 aromatic heterocycles. The quantitative estimate of drug-likeness (QED) is 0.585. The van der Waals surface area contributed by atoms with E-state index in [1.54, 1.807) is 7.11 Å². The molecule has 1 aliphatic heterocycles. The molecule has 110 valence electrons. The third-order valence-corrected chi connectivity index (χ3v) is 5.23. The van der Waals surface area contributed by atoms with Crippen molar-refractivity contribution in [1.82, 2.24) is 5.32 Å². The van der Waals surface area contributed by atoms with Gasteiger partial charge < -0.3 is 10.1 Å². The first kappa shape index (κ1) is 15.6. The van der Waals surface area contributed by atoms with Crippen LogP contribution in [0.5, 0.6) is 0 Å². The summed E-state index contributed by atoms with van der Waals surface area (Å²) in [5.41, 5.74) is 1.65. The number of fused-ring (bicyclic) bond motifs is 1. The Morgan fingerprint density at radius 1 is 1.50 bits per heavy atom. The molecule has 0 saturated heterocycles. The second kappa shape index (κ2) is 7.30. The van der Waals surface area contributed by atoms with Crippen LogP contribution in [-0.4, -0.2) is 32.1 Å². The summed E-state index contributed by atoms with van der Waals surface area (Å²) in [4.78, 5) is 1.45. The van der Waals surface area contributed by atoms with E-state index < -0.39 is 0 Å². The summed E-state index contributed by atoms with van der Waals surface area (Å²) in [5.74, 6) is 0. The first-order chi connectivity index (χ1) is 9.67. The minimum atomic E-state index is 0.146. The first-order valence-corrected chi connectivity index (χ1v) is 8.12. The molecule has 2 unspecified atom stereocenters. The Balaban J connectivity index is 1.86. The molecule has 2 nitrogen and oxygen atoms in total. The van der Waals surface area contributed by atoms with Crippen LogP contribution in [0.3, 0.4) is 0 Å². The van der Waals surface area contributed by atoms with Gasteiger partial charge in [0.05, 0.1) is 6.61 Å². The smallest absolute Gasteiger partial charge is 0.0587 e. The van der Waals surface area contributed by atoms with E-state index in [-0.39, 0.29) is 5.41 Å². The minimum absolute atomic E-state index is 0.146. The van der Waals surface area contributed by atoms with Crippen molar-refractivity contribution in [3.63, 3.8) is 0 Å². The summed E-state index contributed by atoms with van der Waals surface area (Å²) >= 11 is 2.02. The number of methoxy groups -OCH3 is 1. The van der Waals surface area contributed by atoms with Gasteiger partial charge in [0.2, 0.25) is 0 Å². The molecule has 0 fully saturated rings. The predicted octanol–water partition coefficient (Wildman–Crippen LogP) is 3.52. The fourth-order valence-electron chi connectivity index (χ4n) is 2.66. The van der Waals surface area contributed by atoms with E-state index in [4.69, 9.17) is 4.74 Å². The van der Waals surface area contributed by atoms with Gasteiger partial charge in [-0.25, -0.2) is 0 Å². The molecular weight excluding hydrogens is 266 g/mol. The molecule has 0 aliphatic carbocycles. The van der Waals surface area contributed by atoms with E-state index in [9.17, 15) is 0 Å². The van der Waals surface area contributed by atoms with E-state index in [0.717, 1.165) is 26.1 Å². The molecule has 20 heavy (non-hydrogen) atoms. The second-order valence-electron chi connectivity index (χ2n) is 5.78. The fraction of sp³-hybridized carbons (Fsp3) is 0.529. The van der Waals surface area contributed by atoms with Gasteiger partial charge in [-0.2, -0.15) is 0 Å². The number of ether oxygens (including phenoxy) is 1. The molecule has 2 rings (SSSR count). The molecule has 0 radical (unpaired) electrons. The normalized spacial score (nSPS) is 20.4. The Labute approximate surface area is 127 Å². The second-order valence-corrected chi connectivity index (χ2v) is 7.13. The summed E-state index contributed by atoms with van der Waals surface area (Å²) in [6.07, 6.45) is 4.45. The van der Waals surface area contributed by atoms with Gasteiger partial charge in [-0.1, -0.05) is 31.2 Å². The molecule has 0 spiro atoms. The largest absolute Gasteiger partial charge is 0.383 e. The van der Waals surface area contributed by atoms with Crippen LogP contribution in [0.15, 0.2) is 41.8 Å². The average Bonchev–Trinajstić information content (AvgIpc) is 2.85. The van der Waals surface area contributed by atoms with Gasteiger partial charge in [-0.15, -0.1) is 18.3 Å². The van der Waals surface area contributed by atoms with Gasteiger partial charge in [0.25, 0.3) is 0 Å². The van der Waals surface area contributed by atoms with Gasteiger partial charge in [-0.05, 0) is 29.9 Å². The van der Waals surface area contributed by atoms with Crippen molar-refractivity contribution in [2.24, 2.45) is 5.41 Å². The summed E-state index contributed by atoms with van der Waals surface area (Å²) in [6, 6.07) is 8.76. The Morgan fingerprint density at radius 2 is 2.30 bits per heavy atom. The molecule has 0 bridgehead atoms. The highest BCUT2D eigenvalue weighted by atomic mass is 32.2. The van der Waals surface area contributed by atoms with Crippen LogP contribution in [0.25, 0.3) is 0 Å². The van der Waals surface area contributed by atoms with Crippen molar-refractivity contribution in [2.45, 2.75) is 29.9 Å². The van der Waals surface area contributed by atoms with Gasteiger partial charge >= 0.3 is 0 Å². The zero-order valence-corrected chi connectivity index (χ0v) is 13.3. The SMILES string of the molecule is C=CC(C)(CNCCOC)CC1Cc2ccccc2S1. The topological polar surface area (TPSA) is 21.3 Å². The number of hydrogen-bond donors (Lipinski definition) is 1. The third kappa shape index (κ3) is 4.11. The van der Waals surface area contributed by atoms with Crippen molar-refractivity contribution < 1.29 is 4.74 Å². The van der Waals surface area contributed by atoms with Crippen LogP contribution in [0.2, 0.25) is 0 Å². The van der Waals surface area contributed by atoms with Crippen molar-refractivity contribution >= 4 is 11.8 Å². The predicted molar refractivity (Wildman–Crippen MR) is 87.5 cm³/mol. The van der Waals surface area contributed by atoms with E-state index >= 15 is 0 Å². The van der Waals surface area contributed by atoms with Gasteiger partial charge in [-0.3, -0.25) is 0 Å². The van der Waals surface area contributed by atoms with Crippen molar-refractivity contribution in [3.05, 3.63) is 42.5 Å². The number of thioether (sulfide) groups is 1. The average molecular weight is 291 g/mol. The fourth-order valence-corrected chi connectivity index (χ4v) is 4.21. The van der Waals surface area contributed by atoms with Crippen LogP contribution in [0.1, 0.15) is 18.9 Å². The lowest BCUT2D eigenvalue weighted by atomic mass is 9.84. The molecule has 0 saturated carbocycles. The number of nitrogens with one attached hydrogen (secondary N) is 1. The van der Waals surface area contributed by atoms with Crippen LogP contribution in [0.4, 0.5) is 0 Å². The zero-order valence-electron chi connectivity index (χ0n) is 12.5. The lowest BCUT2D eigenvalue weighted by Gasteiger charge is -2.29. The molecule has 1 N–H and O–H groups in total. The summed E-state index contributed by atoms with van der Waals surface area (Å²) in [7, 11) is 1.74. The lowest BCUT2D eigenvalue weighted by Crippen LogP contribution is -2.34. The van der Waals surface area contributed by atoms with E-state index in [1.165, 1.54) is 16.9 Å². The maximum absolute atomic E-state index is 5.07. The number of rotatable bonds is 8. The highest BCUT2D eigenvalue weighted by molar-refractivity contribution is 8.00. The van der Waals surface area contributed by atoms with Gasteiger partial charge in [0, 0.05) is 30.3 Å². The Kier molecular flexibility index (Phi) is 5.70. The van der Waals surface area contributed by atoms with Crippen LogP contribution >= 0.6 is 11.8 Å². The number of hydrogen-bond acceptors (Lipinski definition) is 3. The van der Waals surface area contributed by atoms with Crippen LogP contribution < -0.4 is 5.32 Å². The minimum Gasteiger partial charge on any atom is -0.383 e. The van der Waals surface area contributed by atoms with E-state index in [1.807, 2.05) is 11.8 Å². The molecule has 1 aliphatic rings. The highest BCUT2D eigenvalue weighted by Crippen LogP contribution is 2.42. The van der Waals surface area contributed by atoms with Crippen molar-refractivity contribution in [3.8, 4) is 0 Å². The maximum Gasteiger partial charge on any atom is 0.0587 e. The van der Waals surface area contributed by atoms with Crippen LogP contribution in [-0.2, 0) is 11.2 Å². The summed E-state index contributed by atoms with van der Waals surface area (Å²) in [6.45, 7) is 8.96. The summed E-state index contributed by atoms with van der Waals surface area (Å²) < 4.78 is 5.07. The molecule has 3 heteroatoms. The highest BCUT2D eigenvalue weighted by Gasteiger charge is 2.29. The Morgan fingerprint density at radius 3 is 3.00 bits per heavy atom. The molecular formula is C17H25NOS. The molecule has 1 aromatic rings. The first-order valence-electron chi connectivity index (χ1n) is 7.25. The summed E-state index contributed by atoms with van der Waals surface area (Å²) in [5, 5.41) is 4.13. The van der Waals surface area contributed by atoms with Gasteiger partial charge in [0.15, 0.2) is 0 Å². The van der Waals surface area contributed by atoms with Crippen molar-refractivity contribution in [2.75, 3.05) is 26.8 Å². The Bertz CT molecular complexity index is 423. The van der Waals surface area contributed by atoms with E-state index in [0.29, 0.717) is 5.25 Å². The molecule has 2 atom stereocenters. The molecule has 1 heterocycles. The standard InChI is InChI=1S/C17H25NOS/c1-4-17(2,13-18-9-10-19-3)12-15-11-14-7-5-6-8-16(14)20-15/h4-8,15,18H,1,9-13H2,2-3H3. The molecule has 1 aromatic carbocycles. The van der Waals surface area contributed by atoms with Crippen LogP contribution in [0, 0.1) is 5.41 Å². The maximum atomic E-state index is 5.07. The van der Waals surface area contributed by atoms with E-state index in [2.05, 4.69) is 49.2 Å². The molecule has 0 amide bonds. The van der Waals surface area contributed by atoms with Gasteiger partial charge in [0.1, 0.15) is 0 Å². The van der Waals surface area contributed by atoms with Crippen molar-refractivity contribution in [1.29, 1.82) is 0 Å². The Hall–Kier alpha value is -0.770.